The van der Waals surface area contributed by atoms with Gasteiger partial charge >= 0.3 is 5.97 Å². The molecule has 1 N–H and O–H groups in total. The summed E-state index contributed by atoms with van der Waals surface area (Å²) in [7, 11) is 1.53. The molecule has 4 rings (SSSR count). The lowest BCUT2D eigenvalue weighted by atomic mass is 10.1. The smallest absolute Gasteiger partial charge is 0.335 e. The summed E-state index contributed by atoms with van der Waals surface area (Å²) < 4.78 is 12.1. The standard InChI is InChI=1S/C26H21BrN2O5/c1-16-21(25(30)29(28-16)20-9-4-3-5-10-20)12-19-13-23(33-2)24(14-22(19)27)34-15-17-7-6-8-18(11-17)26(31)32/h3-14H,15H2,1-2H3,(H,31,32)/b21-12+. The highest BCUT2D eigenvalue weighted by Gasteiger charge is 2.29. The van der Waals surface area contributed by atoms with Gasteiger partial charge in [0, 0.05) is 4.47 Å². The van der Waals surface area contributed by atoms with Crippen molar-refractivity contribution in [2.75, 3.05) is 12.1 Å². The van der Waals surface area contributed by atoms with Crippen LogP contribution in [0.25, 0.3) is 6.08 Å². The quantitative estimate of drug-likeness (QED) is 0.413. The van der Waals surface area contributed by atoms with Gasteiger partial charge in [0.25, 0.3) is 5.91 Å². The molecule has 0 bridgehead atoms. The Hall–Kier alpha value is -3.91. The van der Waals surface area contributed by atoms with Gasteiger partial charge in [-0.1, -0.05) is 46.3 Å². The van der Waals surface area contributed by atoms with Crippen LogP contribution in [0.1, 0.15) is 28.4 Å². The molecule has 34 heavy (non-hydrogen) atoms. The number of amides is 1. The molecule has 1 amide bonds. The minimum absolute atomic E-state index is 0.167. The van der Waals surface area contributed by atoms with Crippen LogP contribution in [0, 0.1) is 0 Å². The zero-order valence-corrected chi connectivity index (χ0v) is 20.1. The van der Waals surface area contributed by atoms with Gasteiger partial charge in [0.15, 0.2) is 11.5 Å². The summed E-state index contributed by atoms with van der Waals surface area (Å²) in [5, 5.41) is 15.0. The number of hydrogen-bond acceptors (Lipinski definition) is 5. The number of anilines is 1. The fourth-order valence-electron chi connectivity index (χ4n) is 3.47. The molecule has 0 saturated carbocycles. The van der Waals surface area contributed by atoms with E-state index in [0.29, 0.717) is 38.5 Å². The Bertz CT molecular complexity index is 1320. The van der Waals surface area contributed by atoms with Crippen LogP contribution in [0.4, 0.5) is 5.69 Å². The van der Waals surface area contributed by atoms with Crippen LogP contribution in [-0.4, -0.2) is 29.8 Å². The van der Waals surface area contributed by atoms with E-state index in [-0.39, 0.29) is 18.1 Å². The lowest BCUT2D eigenvalue weighted by Crippen LogP contribution is -2.21. The number of ether oxygens (including phenoxy) is 2. The molecule has 8 heteroatoms. The maximum atomic E-state index is 13.0. The fraction of sp³-hybridized carbons (Fsp3) is 0.115. The summed E-state index contributed by atoms with van der Waals surface area (Å²) >= 11 is 3.55. The summed E-state index contributed by atoms with van der Waals surface area (Å²) in [6.07, 6.45) is 1.76. The average Bonchev–Trinajstić information content (AvgIpc) is 3.13. The molecule has 0 fully saturated rings. The average molecular weight is 521 g/mol. The van der Waals surface area contributed by atoms with Crippen LogP contribution in [0.3, 0.4) is 0 Å². The number of carboxylic acid groups (broad SMARTS) is 1. The number of para-hydroxylation sites is 1. The van der Waals surface area contributed by atoms with E-state index in [1.165, 1.54) is 18.2 Å². The fourth-order valence-corrected chi connectivity index (χ4v) is 3.91. The van der Waals surface area contributed by atoms with Crippen molar-refractivity contribution in [2.24, 2.45) is 5.10 Å². The molecule has 0 saturated heterocycles. The van der Waals surface area contributed by atoms with E-state index in [1.807, 2.05) is 30.3 Å². The van der Waals surface area contributed by atoms with Gasteiger partial charge in [0.2, 0.25) is 0 Å². The molecule has 3 aromatic carbocycles. The number of hydrazone groups is 1. The third kappa shape index (κ3) is 4.87. The number of halogens is 1. The molecule has 7 nitrogen and oxygen atoms in total. The van der Waals surface area contributed by atoms with E-state index < -0.39 is 5.97 Å². The Balaban J connectivity index is 1.58. The second-order valence-corrected chi connectivity index (χ2v) is 8.37. The minimum Gasteiger partial charge on any atom is -0.493 e. The molecule has 172 valence electrons. The van der Waals surface area contributed by atoms with Crippen LogP contribution in [0.5, 0.6) is 11.5 Å². The number of aromatic carboxylic acids is 1. The van der Waals surface area contributed by atoms with Crippen molar-refractivity contribution in [3.63, 3.8) is 0 Å². The van der Waals surface area contributed by atoms with E-state index in [0.717, 1.165) is 5.56 Å². The zero-order chi connectivity index (χ0) is 24.2. The first-order valence-electron chi connectivity index (χ1n) is 10.4. The van der Waals surface area contributed by atoms with Crippen LogP contribution in [-0.2, 0) is 11.4 Å². The molecule has 1 heterocycles. The van der Waals surface area contributed by atoms with Crippen LogP contribution in [0.15, 0.2) is 81.9 Å². The van der Waals surface area contributed by atoms with Gasteiger partial charge in [0.1, 0.15) is 6.61 Å². The summed E-state index contributed by atoms with van der Waals surface area (Å²) in [5.74, 6) is -0.255. The van der Waals surface area contributed by atoms with Crippen LogP contribution in [0.2, 0.25) is 0 Å². The van der Waals surface area contributed by atoms with Gasteiger partial charge in [-0.05, 0) is 60.5 Å². The van der Waals surface area contributed by atoms with Gasteiger partial charge in [-0.3, -0.25) is 4.79 Å². The van der Waals surface area contributed by atoms with Crippen molar-refractivity contribution in [1.29, 1.82) is 0 Å². The molecule has 1 aliphatic rings. The van der Waals surface area contributed by atoms with E-state index in [4.69, 9.17) is 9.47 Å². The predicted molar refractivity (Wildman–Crippen MR) is 133 cm³/mol. The SMILES string of the molecule is COc1cc(/C=C2/C(=O)N(c3ccccc3)N=C2C)c(Br)cc1OCc1cccc(C(=O)O)c1. The summed E-state index contributed by atoms with van der Waals surface area (Å²) in [6.45, 7) is 1.96. The van der Waals surface area contributed by atoms with Crippen molar-refractivity contribution in [3.8, 4) is 11.5 Å². The molecule has 0 aliphatic carbocycles. The Morgan fingerprint density at radius 2 is 1.85 bits per heavy atom. The Morgan fingerprint density at radius 3 is 2.56 bits per heavy atom. The number of hydrogen-bond donors (Lipinski definition) is 1. The highest BCUT2D eigenvalue weighted by Crippen LogP contribution is 2.36. The maximum Gasteiger partial charge on any atom is 0.335 e. The number of benzene rings is 3. The normalized spacial score (nSPS) is 14.3. The van der Waals surface area contributed by atoms with E-state index in [2.05, 4.69) is 21.0 Å². The molecule has 0 unspecified atom stereocenters. The second-order valence-electron chi connectivity index (χ2n) is 7.51. The number of carbonyl (C=O) groups excluding carboxylic acids is 1. The van der Waals surface area contributed by atoms with E-state index >= 15 is 0 Å². The Kier molecular flexibility index (Phi) is 6.79. The first-order valence-corrected chi connectivity index (χ1v) is 11.2. The first-order chi connectivity index (χ1) is 16.4. The number of carboxylic acids is 1. The van der Waals surface area contributed by atoms with Crippen LogP contribution >= 0.6 is 15.9 Å². The number of rotatable bonds is 7. The minimum atomic E-state index is -0.995. The van der Waals surface area contributed by atoms with Crippen molar-refractivity contribution in [3.05, 3.63) is 93.5 Å². The third-order valence-corrected chi connectivity index (χ3v) is 5.90. The first kappa shape index (κ1) is 23.3. The lowest BCUT2D eigenvalue weighted by molar-refractivity contribution is -0.114. The van der Waals surface area contributed by atoms with Gasteiger partial charge < -0.3 is 14.6 Å². The molecule has 3 aromatic rings. The topological polar surface area (TPSA) is 88.4 Å². The number of methoxy groups -OCH3 is 1. The Labute approximate surface area is 205 Å². The molecular weight excluding hydrogens is 500 g/mol. The molecule has 0 radical (unpaired) electrons. The Morgan fingerprint density at radius 1 is 1.09 bits per heavy atom. The zero-order valence-electron chi connectivity index (χ0n) is 18.5. The van der Waals surface area contributed by atoms with Gasteiger partial charge in [-0.15, -0.1) is 0 Å². The van der Waals surface area contributed by atoms with Gasteiger partial charge in [0.05, 0.1) is 29.6 Å². The van der Waals surface area contributed by atoms with Crippen molar-refractivity contribution < 1.29 is 24.2 Å². The largest absolute Gasteiger partial charge is 0.493 e. The third-order valence-electron chi connectivity index (χ3n) is 5.21. The molecule has 0 atom stereocenters. The second kappa shape index (κ2) is 9.93. The summed E-state index contributed by atoms with van der Waals surface area (Å²) in [4.78, 5) is 24.2. The van der Waals surface area contributed by atoms with Crippen LogP contribution < -0.4 is 14.5 Å². The highest BCUT2D eigenvalue weighted by atomic mass is 79.9. The molecule has 1 aliphatic heterocycles. The van der Waals surface area contributed by atoms with E-state index in [1.54, 1.807) is 43.3 Å². The van der Waals surface area contributed by atoms with Gasteiger partial charge in [-0.2, -0.15) is 10.1 Å². The molecular formula is C26H21BrN2O5. The summed E-state index contributed by atoms with van der Waals surface area (Å²) in [5.41, 5.74) is 3.42. The highest BCUT2D eigenvalue weighted by molar-refractivity contribution is 9.10. The van der Waals surface area contributed by atoms with Gasteiger partial charge in [-0.25, -0.2) is 4.79 Å². The van der Waals surface area contributed by atoms with Crippen molar-refractivity contribution in [2.45, 2.75) is 13.5 Å². The van der Waals surface area contributed by atoms with Crippen molar-refractivity contribution in [1.82, 2.24) is 0 Å². The maximum absolute atomic E-state index is 13.0. The monoisotopic (exact) mass is 520 g/mol. The predicted octanol–water partition coefficient (Wildman–Crippen LogP) is 5.54. The van der Waals surface area contributed by atoms with Crippen molar-refractivity contribution >= 4 is 45.3 Å². The number of nitrogens with zero attached hydrogens (tertiary/aromatic N) is 2. The summed E-state index contributed by atoms with van der Waals surface area (Å²) in [6, 6.07) is 19.3. The number of carbonyl (C=O) groups is 2. The lowest BCUT2D eigenvalue weighted by Gasteiger charge is -2.14. The molecule has 0 aromatic heterocycles. The molecule has 0 spiro atoms. The van der Waals surface area contributed by atoms with E-state index in [9.17, 15) is 14.7 Å².